The van der Waals surface area contributed by atoms with E-state index in [-0.39, 0.29) is 17.3 Å². The number of aryl methyl sites for hydroxylation is 1. The van der Waals surface area contributed by atoms with Gasteiger partial charge in [-0.1, -0.05) is 12.1 Å². The molecule has 0 amide bonds. The van der Waals surface area contributed by atoms with Gasteiger partial charge in [-0.25, -0.2) is 14.8 Å². The number of fused-ring (bicyclic) bond motifs is 1. The van der Waals surface area contributed by atoms with Crippen molar-refractivity contribution in [3.05, 3.63) is 68.9 Å². The third-order valence-corrected chi connectivity index (χ3v) is 6.08. The highest BCUT2D eigenvalue weighted by Crippen LogP contribution is 2.35. The fraction of sp³-hybridized carbons (Fsp3) is 0.455. The van der Waals surface area contributed by atoms with E-state index in [1.165, 1.54) is 17.4 Å². The zero-order valence-corrected chi connectivity index (χ0v) is 16.6. The van der Waals surface area contributed by atoms with Crippen LogP contribution in [0.4, 0.5) is 0 Å². The Hall–Kier alpha value is -2.80. The van der Waals surface area contributed by atoms with Gasteiger partial charge in [0.1, 0.15) is 5.82 Å². The molecule has 1 aliphatic heterocycles. The van der Waals surface area contributed by atoms with Crippen LogP contribution in [-0.2, 0) is 20.1 Å². The first-order valence-electron chi connectivity index (χ1n) is 10.4. The predicted molar refractivity (Wildman–Crippen MR) is 111 cm³/mol. The van der Waals surface area contributed by atoms with Gasteiger partial charge in [0.15, 0.2) is 0 Å². The minimum atomic E-state index is -0.249. The normalized spacial score (nSPS) is 19.8. The molecule has 7 heteroatoms. The number of likely N-dealkylation sites (tertiary alicyclic amines) is 1. The summed E-state index contributed by atoms with van der Waals surface area (Å²) in [6.45, 7) is 2.40. The lowest BCUT2D eigenvalue weighted by molar-refractivity contribution is 0.231. The quantitative estimate of drug-likeness (QED) is 0.667. The molecule has 1 unspecified atom stereocenters. The van der Waals surface area contributed by atoms with Crippen molar-refractivity contribution in [1.82, 2.24) is 24.0 Å². The molecule has 1 saturated carbocycles. The van der Waals surface area contributed by atoms with E-state index in [2.05, 4.69) is 9.88 Å². The van der Waals surface area contributed by atoms with Crippen LogP contribution in [0.2, 0.25) is 0 Å². The molecule has 29 heavy (non-hydrogen) atoms. The highest BCUT2D eigenvalue weighted by molar-refractivity contribution is 5.77. The maximum Gasteiger partial charge on any atom is 0.347 e. The second kappa shape index (κ2) is 7.22. The van der Waals surface area contributed by atoms with Crippen molar-refractivity contribution in [2.24, 2.45) is 13.0 Å². The van der Waals surface area contributed by atoms with Crippen LogP contribution in [0.3, 0.4) is 0 Å². The summed E-state index contributed by atoms with van der Waals surface area (Å²) >= 11 is 0. The second-order valence-corrected chi connectivity index (χ2v) is 8.33. The summed E-state index contributed by atoms with van der Waals surface area (Å²) in [6.07, 6.45) is 7.93. The van der Waals surface area contributed by atoms with Gasteiger partial charge >= 0.3 is 5.69 Å². The number of rotatable bonds is 5. The van der Waals surface area contributed by atoms with Gasteiger partial charge in [0.05, 0.1) is 16.9 Å². The fourth-order valence-electron chi connectivity index (χ4n) is 4.37. The van der Waals surface area contributed by atoms with Crippen LogP contribution in [-0.4, -0.2) is 30.5 Å². The third-order valence-electron chi connectivity index (χ3n) is 6.08. The fourth-order valence-corrected chi connectivity index (χ4v) is 4.37. The minimum absolute atomic E-state index is 0.0770. The van der Waals surface area contributed by atoms with Gasteiger partial charge < -0.3 is 4.57 Å². The Morgan fingerprint density at radius 2 is 1.97 bits per heavy atom. The van der Waals surface area contributed by atoms with Gasteiger partial charge in [-0.05, 0) is 50.3 Å². The Morgan fingerprint density at radius 1 is 1.14 bits per heavy atom. The summed E-state index contributed by atoms with van der Waals surface area (Å²) < 4.78 is 3.44. The molecule has 1 aromatic carbocycles. The molecule has 0 N–H and O–H groups in total. The molecule has 1 aliphatic carbocycles. The molecule has 1 saturated heterocycles. The van der Waals surface area contributed by atoms with E-state index in [4.69, 9.17) is 4.98 Å². The molecule has 2 aliphatic rings. The van der Waals surface area contributed by atoms with Gasteiger partial charge in [0.25, 0.3) is 5.56 Å². The molecule has 5 rings (SSSR count). The topological polar surface area (TPSA) is 73.0 Å². The van der Waals surface area contributed by atoms with Crippen molar-refractivity contribution < 1.29 is 0 Å². The van der Waals surface area contributed by atoms with E-state index >= 15 is 0 Å². The van der Waals surface area contributed by atoms with E-state index in [0.29, 0.717) is 17.8 Å². The van der Waals surface area contributed by atoms with Crippen LogP contribution < -0.4 is 11.2 Å². The molecule has 2 fully saturated rings. The summed E-state index contributed by atoms with van der Waals surface area (Å²) in [4.78, 5) is 36.2. The zero-order chi connectivity index (χ0) is 20.0. The van der Waals surface area contributed by atoms with Crippen LogP contribution in [0.1, 0.15) is 43.1 Å². The van der Waals surface area contributed by atoms with Crippen molar-refractivity contribution in [1.29, 1.82) is 0 Å². The second-order valence-electron chi connectivity index (χ2n) is 8.33. The van der Waals surface area contributed by atoms with E-state index < -0.39 is 0 Å². The molecule has 2 aromatic heterocycles. The summed E-state index contributed by atoms with van der Waals surface area (Å²) in [5.74, 6) is 1.48. The van der Waals surface area contributed by atoms with Crippen LogP contribution in [0, 0.1) is 5.92 Å². The number of hydrogen-bond acceptors (Lipinski definition) is 5. The Balaban J connectivity index is 1.54. The number of nitrogens with zero attached hydrogens (tertiary/aromatic N) is 5. The Labute approximate surface area is 168 Å². The van der Waals surface area contributed by atoms with Crippen LogP contribution in [0.15, 0.2) is 46.2 Å². The van der Waals surface area contributed by atoms with E-state index in [9.17, 15) is 9.59 Å². The standard InChI is InChI=1S/C22H25N5O2/c1-25-12-16(11-23-22(25)29)13-26-10-4-7-19(26)20-24-18-6-3-2-5-17(18)21(28)27(20)14-15-8-9-15/h2-3,5-6,11-12,15,19H,4,7-10,13-14H2,1H3. The first kappa shape index (κ1) is 18.2. The molecule has 7 nitrogen and oxygen atoms in total. The van der Waals surface area contributed by atoms with Crippen LogP contribution >= 0.6 is 0 Å². The molecule has 3 aromatic rings. The molecule has 0 radical (unpaired) electrons. The maximum atomic E-state index is 13.3. The summed E-state index contributed by atoms with van der Waals surface area (Å²) in [5, 5.41) is 0.698. The Bertz CT molecular complexity index is 1180. The van der Waals surface area contributed by atoms with Crippen molar-refractivity contribution >= 4 is 10.9 Å². The lowest BCUT2D eigenvalue weighted by Crippen LogP contribution is -2.33. The zero-order valence-electron chi connectivity index (χ0n) is 16.6. The molecular formula is C22H25N5O2. The first-order chi connectivity index (χ1) is 14.1. The number of benzene rings is 1. The lowest BCUT2D eigenvalue weighted by atomic mass is 10.1. The van der Waals surface area contributed by atoms with E-state index in [1.54, 1.807) is 13.2 Å². The Kier molecular flexibility index (Phi) is 4.54. The highest BCUT2D eigenvalue weighted by atomic mass is 16.1. The van der Waals surface area contributed by atoms with Gasteiger partial charge in [-0.2, -0.15) is 0 Å². The molecule has 3 heterocycles. The maximum absolute atomic E-state index is 13.3. The average Bonchev–Trinajstić information content (AvgIpc) is 3.43. The third kappa shape index (κ3) is 3.51. The van der Waals surface area contributed by atoms with E-state index in [0.717, 1.165) is 42.8 Å². The van der Waals surface area contributed by atoms with Gasteiger partial charge in [0, 0.05) is 38.1 Å². The molecule has 1 atom stereocenters. The summed E-state index contributed by atoms with van der Waals surface area (Å²) in [5.41, 5.74) is 1.60. The molecular weight excluding hydrogens is 366 g/mol. The van der Waals surface area contributed by atoms with Gasteiger partial charge in [0.2, 0.25) is 0 Å². The van der Waals surface area contributed by atoms with E-state index in [1.807, 2.05) is 35.0 Å². The van der Waals surface area contributed by atoms with Crippen molar-refractivity contribution in [3.8, 4) is 0 Å². The number of para-hydroxylation sites is 1. The summed E-state index contributed by atoms with van der Waals surface area (Å²) in [6, 6.07) is 7.74. The van der Waals surface area contributed by atoms with Crippen molar-refractivity contribution in [2.45, 2.75) is 44.8 Å². The van der Waals surface area contributed by atoms with Crippen LogP contribution in [0.5, 0.6) is 0 Å². The van der Waals surface area contributed by atoms with Crippen molar-refractivity contribution in [2.75, 3.05) is 6.54 Å². The molecule has 0 bridgehead atoms. The Morgan fingerprint density at radius 3 is 2.76 bits per heavy atom. The monoisotopic (exact) mass is 391 g/mol. The number of hydrogen-bond donors (Lipinski definition) is 0. The first-order valence-corrected chi connectivity index (χ1v) is 10.4. The van der Waals surface area contributed by atoms with Crippen LogP contribution in [0.25, 0.3) is 10.9 Å². The van der Waals surface area contributed by atoms with Gasteiger partial charge in [-0.3, -0.25) is 14.3 Å². The molecule has 0 spiro atoms. The highest BCUT2D eigenvalue weighted by Gasteiger charge is 2.32. The minimum Gasteiger partial charge on any atom is -0.302 e. The van der Waals surface area contributed by atoms with Gasteiger partial charge in [-0.15, -0.1) is 0 Å². The average molecular weight is 391 g/mol. The largest absolute Gasteiger partial charge is 0.347 e. The smallest absolute Gasteiger partial charge is 0.302 e. The summed E-state index contributed by atoms with van der Waals surface area (Å²) in [7, 11) is 1.72. The predicted octanol–water partition coefficient (Wildman–Crippen LogP) is 2.24. The van der Waals surface area contributed by atoms with Crippen molar-refractivity contribution in [3.63, 3.8) is 0 Å². The number of aromatic nitrogens is 4. The molecule has 150 valence electrons. The SMILES string of the molecule is Cn1cc(CN2CCCC2c2nc3ccccc3c(=O)n2CC2CC2)cnc1=O. The lowest BCUT2D eigenvalue weighted by Gasteiger charge is -2.26.